The van der Waals surface area contributed by atoms with Gasteiger partial charge in [-0.25, -0.2) is 9.97 Å². The van der Waals surface area contributed by atoms with Gasteiger partial charge < -0.3 is 5.32 Å². The van der Waals surface area contributed by atoms with Gasteiger partial charge in [0.05, 0.1) is 11.4 Å². The molecule has 5 heteroatoms. The van der Waals surface area contributed by atoms with Crippen LogP contribution in [0.2, 0.25) is 0 Å². The van der Waals surface area contributed by atoms with Crippen LogP contribution >= 0.6 is 0 Å². The van der Waals surface area contributed by atoms with Crippen molar-refractivity contribution in [2.24, 2.45) is 11.8 Å². The van der Waals surface area contributed by atoms with Gasteiger partial charge in [0.15, 0.2) is 0 Å². The highest BCUT2D eigenvalue weighted by Gasteiger charge is 2.26. The Morgan fingerprint density at radius 3 is 2.62 bits per heavy atom. The number of rotatable bonds is 5. The summed E-state index contributed by atoms with van der Waals surface area (Å²) in [4.78, 5) is 25.4. The second-order valence-corrected chi connectivity index (χ2v) is 7.55. The Labute approximate surface area is 155 Å². The number of amides is 1. The molecule has 0 aliphatic heterocycles. The number of aryl methyl sites for hydroxylation is 1. The van der Waals surface area contributed by atoms with Crippen molar-refractivity contribution in [2.45, 2.75) is 52.4 Å². The van der Waals surface area contributed by atoms with Gasteiger partial charge in [0.25, 0.3) is 0 Å². The van der Waals surface area contributed by atoms with Crippen LogP contribution in [0.4, 0.5) is 0 Å². The van der Waals surface area contributed by atoms with Crippen LogP contribution in [0.3, 0.4) is 0 Å². The minimum absolute atomic E-state index is 0.0521. The van der Waals surface area contributed by atoms with E-state index in [1.54, 1.807) is 0 Å². The molecule has 0 unspecified atom stereocenters. The molecule has 0 aromatic carbocycles. The molecule has 26 heavy (non-hydrogen) atoms. The minimum atomic E-state index is 0.0521. The third-order valence-corrected chi connectivity index (χ3v) is 5.20. The number of nitrogens with zero attached hydrogens (tertiary/aromatic N) is 3. The number of carbonyl (C=O) groups excluding carboxylic acids is 1. The van der Waals surface area contributed by atoms with Crippen LogP contribution in [0.25, 0.3) is 11.3 Å². The molecule has 2 aromatic heterocycles. The number of carbonyl (C=O) groups is 1. The van der Waals surface area contributed by atoms with Crippen LogP contribution in [0.15, 0.2) is 30.6 Å². The van der Waals surface area contributed by atoms with Gasteiger partial charge in [0.1, 0.15) is 5.82 Å². The molecule has 1 saturated carbocycles. The molecule has 2 aromatic rings. The molecule has 1 aliphatic rings. The summed E-state index contributed by atoms with van der Waals surface area (Å²) in [6, 6.07) is 5.94. The normalized spacial score (nSPS) is 20.2. The van der Waals surface area contributed by atoms with Gasteiger partial charge >= 0.3 is 0 Å². The quantitative estimate of drug-likeness (QED) is 0.886. The number of hydrogen-bond donors (Lipinski definition) is 1. The van der Waals surface area contributed by atoms with Crippen molar-refractivity contribution >= 4 is 5.91 Å². The van der Waals surface area contributed by atoms with Crippen LogP contribution in [0, 0.1) is 18.8 Å². The summed E-state index contributed by atoms with van der Waals surface area (Å²) in [6.45, 7) is 6.60. The summed E-state index contributed by atoms with van der Waals surface area (Å²) in [5.74, 6) is 2.01. The first-order chi connectivity index (χ1) is 12.5. The van der Waals surface area contributed by atoms with Crippen molar-refractivity contribution in [2.75, 3.05) is 6.54 Å². The predicted molar refractivity (Wildman–Crippen MR) is 103 cm³/mol. The van der Waals surface area contributed by atoms with Crippen molar-refractivity contribution in [3.8, 4) is 11.3 Å². The van der Waals surface area contributed by atoms with Crippen molar-refractivity contribution < 1.29 is 4.79 Å². The van der Waals surface area contributed by atoms with Crippen LogP contribution in [-0.4, -0.2) is 27.4 Å². The first-order valence-corrected chi connectivity index (χ1v) is 9.57. The first-order valence-electron chi connectivity index (χ1n) is 9.57. The van der Waals surface area contributed by atoms with Crippen LogP contribution in [0.1, 0.15) is 57.0 Å². The van der Waals surface area contributed by atoms with Gasteiger partial charge in [0.2, 0.25) is 5.91 Å². The highest BCUT2D eigenvalue weighted by molar-refractivity contribution is 5.77. The van der Waals surface area contributed by atoms with E-state index in [0.717, 1.165) is 55.0 Å². The lowest BCUT2D eigenvalue weighted by Crippen LogP contribution is -2.33. The van der Waals surface area contributed by atoms with E-state index in [0.29, 0.717) is 11.8 Å². The lowest BCUT2D eigenvalue weighted by Gasteiger charge is -2.29. The molecule has 1 aliphatic carbocycles. The Morgan fingerprint density at radius 1 is 1.19 bits per heavy atom. The van der Waals surface area contributed by atoms with Crippen molar-refractivity contribution in [3.63, 3.8) is 0 Å². The van der Waals surface area contributed by atoms with E-state index in [4.69, 9.17) is 4.98 Å². The summed E-state index contributed by atoms with van der Waals surface area (Å²) in [5, 5.41) is 3.08. The second-order valence-electron chi connectivity index (χ2n) is 7.55. The van der Waals surface area contributed by atoms with E-state index in [1.165, 1.54) is 0 Å². The Balaban J connectivity index is 1.68. The van der Waals surface area contributed by atoms with Crippen LogP contribution < -0.4 is 5.32 Å². The monoisotopic (exact) mass is 352 g/mol. The molecule has 0 atom stereocenters. The highest BCUT2D eigenvalue weighted by atomic mass is 16.1. The van der Waals surface area contributed by atoms with Gasteiger partial charge in [-0.15, -0.1) is 0 Å². The van der Waals surface area contributed by atoms with E-state index < -0.39 is 0 Å². The molecule has 0 bridgehead atoms. The molecule has 138 valence electrons. The van der Waals surface area contributed by atoms with Crippen molar-refractivity contribution in [1.82, 2.24) is 20.3 Å². The fraction of sp³-hybridized carbons (Fsp3) is 0.524. The lowest BCUT2D eigenvalue weighted by molar-refractivity contribution is -0.124. The SMILES string of the molecule is Cc1ncc(-c2ccccn2)c(C2CCC(CNC(=O)C(C)C)CC2)n1. The molecule has 5 nitrogen and oxygen atoms in total. The molecular formula is C21H28N4O. The molecule has 0 spiro atoms. The zero-order valence-electron chi connectivity index (χ0n) is 15.9. The zero-order chi connectivity index (χ0) is 18.5. The minimum Gasteiger partial charge on any atom is -0.356 e. The van der Waals surface area contributed by atoms with Crippen molar-refractivity contribution in [3.05, 3.63) is 42.1 Å². The molecule has 1 fully saturated rings. The predicted octanol–water partition coefficient (Wildman–Crippen LogP) is 3.89. The van der Waals surface area contributed by atoms with Gasteiger partial charge in [-0.05, 0) is 50.7 Å². The van der Waals surface area contributed by atoms with Crippen molar-refractivity contribution in [1.29, 1.82) is 0 Å². The first kappa shape index (κ1) is 18.5. The van der Waals surface area contributed by atoms with Gasteiger partial charge in [0, 0.05) is 36.3 Å². The summed E-state index contributed by atoms with van der Waals surface area (Å²) in [6.07, 6.45) is 8.15. The standard InChI is InChI=1S/C21H28N4O/c1-14(2)21(26)24-12-16-7-9-17(10-8-16)20-18(13-23-15(3)25-20)19-6-4-5-11-22-19/h4-6,11,13-14,16-17H,7-10,12H2,1-3H3,(H,24,26). The summed E-state index contributed by atoms with van der Waals surface area (Å²) in [5.41, 5.74) is 3.11. The molecule has 1 amide bonds. The maximum absolute atomic E-state index is 11.8. The molecule has 3 rings (SSSR count). The molecule has 0 saturated heterocycles. The maximum atomic E-state index is 11.8. The number of nitrogens with one attached hydrogen (secondary N) is 1. The Hall–Kier alpha value is -2.30. The smallest absolute Gasteiger partial charge is 0.222 e. The molecule has 0 radical (unpaired) electrons. The van der Waals surface area contributed by atoms with E-state index in [1.807, 2.05) is 51.4 Å². The average Bonchev–Trinajstić information content (AvgIpc) is 2.67. The van der Waals surface area contributed by atoms with E-state index in [2.05, 4.69) is 15.3 Å². The number of hydrogen-bond acceptors (Lipinski definition) is 4. The average molecular weight is 352 g/mol. The largest absolute Gasteiger partial charge is 0.356 e. The Bertz CT molecular complexity index is 737. The summed E-state index contributed by atoms with van der Waals surface area (Å²) in [7, 11) is 0. The Kier molecular flexibility index (Phi) is 5.96. The maximum Gasteiger partial charge on any atom is 0.222 e. The zero-order valence-corrected chi connectivity index (χ0v) is 15.9. The van der Waals surface area contributed by atoms with Crippen LogP contribution in [0.5, 0.6) is 0 Å². The second kappa shape index (κ2) is 8.39. The third-order valence-electron chi connectivity index (χ3n) is 5.20. The number of aromatic nitrogens is 3. The van der Waals surface area contributed by atoms with Gasteiger partial charge in [-0.1, -0.05) is 19.9 Å². The topological polar surface area (TPSA) is 67.8 Å². The molecule has 1 N–H and O–H groups in total. The molecular weight excluding hydrogens is 324 g/mol. The van der Waals surface area contributed by atoms with Crippen LogP contribution in [-0.2, 0) is 4.79 Å². The molecule has 2 heterocycles. The fourth-order valence-corrected chi connectivity index (χ4v) is 3.61. The van der Waals surface area contributed by atoms with E-state index in [9.17, 15) is 4.79 Å². The number of pyridine rings is 1. The van der Waals surface area contributed by atoms with Gasteiger partial charge in [-0.2, -0.15) is 0 Å². The van der Waals surface area contributed by atoms with Gasteiger partial charge in [-0.3, -0.25) is 9.78 Å². The summed E-state index contributed by atoms with van der Waals surface area (Å²) < 4.78 is 0. The lowest BCUT2D eigenvalue weighted by atomic mass is 9.79. The summed E-state index contributed by atoms with van der Waals surface area (Å²) >= 11 is 0. The van der Waals surface area contributed by atoms with E-state index in [-0.39, 0.29) is 11.8 Å². The third kappa shape index (κ3) is 4.45. The highest BCUT2D eigenvalue weighted by Crippen LogP contribution is 2.38. The fourth-order valence-electron chi connectivity index (χ4n) is 3.61. The van der Waals surface area contributed by atoms with E-state index >= 15 is 0 Å². The Morgan fingerprint density at radius 2 is 1.96 bits per heavy atom.